The van der Waals surface area contributed by atoms with Crippen molar-refractivity contribution in [2.24, 2.45) is 17.8 Å². The third kappa shape index (κ3) is 5.25. The molecule has 2 aliphatic rings. The minimum absolute atomic E-state index is 0. The molecule has 0 aromatic carbocycles. The third-order valence-electron chi connectivity index (χ3n) is 4.77. The van der Waals surface area contributed by atoms with Crippen molar-refractivity contribution in [3.63, 3.8) is 0 Å². The molecule has 0 aromatic rings. The fraction of sp³-hybridized carbons (Fsp3) is 0.938. The third-order valence-corrected chi connectivity index (χ3v) is 4.77. The number of halogens is 1. The van der Waals surface area contributed by atoms with Crippen LogP contribution in [0.15, 0.2) is 0 Å². The van der Waals surface area contributed by atoms with Crippen LogP contribution in [0, 0.1) is 17.8 Å². The molecule has 1 aliphatic heterocycles. The van der Waals surface area contributed by atoms with Crippen molar-refractivity contribution in [1.29, 1.82) is 0 Å². The van der Waals surface area contributed by atoms with Gasteiger partial charge in [-0.05, 0) is 50.5 Å². The highest BCUT2D eigenvalue weighted by molar-refractivity contribution is 5.85. The van der Waals surface area contributed by atoms with Gasteiger partial charge in [-0.15, -0.1) is 12.4 Å². The van der Waals surface area contributed by atoms with Crippen LogP contribution in [0.3, 0.4) is 0 Å². The molecule has 2 fully saturated rings. The van der Waals surface area contributed by atoms with E-state index >= 15 is 0 Å². The van der Waals surface area contributed by atoms with Gasteiger partial charge in [0.15, 0.2) is 0 Å². The molecule has 118 valence electrons. The van der Waals surface area contributed by atoms with Crippen molar-refractivity contribution < 1.29 is 4.79 Å². The summed E-state index contributed by atoms with van der Waals surface area (Å²) in [6, 6.07) is 0.452. The molecule has 1 saturated carbocycles. The van der Waals surface area contributed by atoms with Crippen LogP contribution >= 0.6 is 12.4 Å². The zero-order valence-electron chi connectivity index (χ0n) is 13.0. The molecule has 1 amide bonds. The van der Waals surface area contributed by atoms with Crippen LogP contribution in [-0.4, -0.2) is 25.0 Å². The first-order chi connectivity index (χ1) is 9.16. The number of nitrogens with one attached hydrogen (secondary N) is 2. The maximum Gasteiger partial charge on any atom is 0.224 e. The Balaban J connectivity index is 0.00000200. The lowest BCUT2D eigenvalue weighted by Crippen LogP contribution is -2.45. The van der Waals surface area contributed by atoms with Crippen molar-refractivity contribution in [3.8, 4) is 0 Å². The Kier molecular flexibility index (Phi) is 7.90. The van der Waals surface area contributed by atoms with E-state index in [9.17, 15) is 4.79 Å². The Morgan fingerprint density at radius 1 is 1.25 bits per heavy atom. The van der Waals surface area contributed by atoms with E-state index in [0.717, 1.165) is 37.8 Å². The van der Waals surface area contributed by atoms with Crippen LogP contribution in [0.4, 0.5) is 0 Å². The van der Waals surface area contributed by atoms with E-state index < -0.39 is 0 Å². The lowest BCUT2D eigenvalue weighted by atomic mass is 9.92. The maximum absolute atomic E-state index is 12.3. The van der Waals surface area contributed by atoms with Crippen LogP contribution in [0.25, 0.3) is 0 Å². The summed E-state index contributed by atoms with van der Waals surface area (Å²) in [7, 11) is 0. The summed E-state index contributed by atoms with van der Waals surface area (Å²) >= 11 is 0. The number of hydrogen-bond acceptors (Lipinski definition) is 2. The first kappa shape index (κ1) is 17.8. The van der Waals surface area contributed by atoms with Crippen LogP contribution in [-0.2, 0) is 4.79 Å². The number of carbonyl (C=O) groups is 1. The molecule has 1 aliphatic carbocycles. The van der Waals surface area contributed by atoms with Crippen molar-refractivity contribution in [2.45, 2.75) is 64.8 Å². The standard InChI is InChI=1S/C16H30N2O.ClH/c1-12(2)8-9-13-5-3-7-15(13)18-16(19)14-6-4-10-17-11-14;/h12-15,17H,3-11H2,1-2H3,(H,18,19);1H. The normalized spacial score (nSPS) is 30.1. The van der Waals surface area contributed by atoms with Gasteiger partial charge in [0.25, 0.3) is 0 Å². The van der Waals surface area contributed by atoms with E-state index in [0.29, 0.717) is 11.9 Å². The fourth-order valence-corrected chi connectivity index (χ4v) is 3.50. The van der Waals surface area contributed by atoms with Crippen molar-refractivity contribution in [2.75, 3.05) is 13.1 Å². The SMILES string of the molecule is CC(C)CCC1CCCC1NC(=O)C1CCCNC1.Cl. The van der Waals surface area contributed by atoms with Crippen molar-refractivity contribution in [3.05, 3.63) is 0 Å². The highest BCUT2D eigenvalue weighted by Gasteiger charge is 2.30. The molecule has 0 spiro atoms. The molecule has 3 atom stereocenters. The molecule has 2 rings (SSSR count). The van der Waals surface area contributed by atoms with Gasteiger partial charge < -0.3 is 10.6 Å². The average molecular weight is 303 g/mol. The Morgan fingerprint density at radius 3 is 2.70 bits per heavy atom. The first-order valence-electron chi connectivity index (χ1n) is 8.18. The molecular weight excluding hydrogens is 272 g/mol. The molecular formula is C16H31ClN2O. The van der Waals surface area contributed by atoms with Crippen LogP contribution in [0.2, 0.25) is 0 Å². The molecule has 20 heavy (non-hydrogen) atoms. The topological polar surface area (TPSA) is 41.1 Å². The molecule has 0 aromatic heterocycles. The summed E-state index contributed by atoms with van der Waals surface area (Å²) in [5.41, 5.74) is 0. The highest BCUT2D eigenvalue weighted by Crippen LogP contribution is 2.31. The van der Waals surface area contributed by atoms with Gasteiger partial charge in [0.2, 0.25) is 5.91 Å². The summed E-state index contributed by atoms with van der Waals surface area (Å²) in [6.45, 7) is 6.52. The summed E-state index contributed by atoms with van der Waals surface area (Å²) < 4.78 is 0. The molecule has 3 nitrogen and oxygen atoms in total. The zero-order valence-corrected chi connectivity index (χ0v) is 13.8. The lowest BCUT2D eigenvalue weighted by molar-refractivity contribution is -0.126. The summed E-state index contributed by atoms with van der Waals surface area (Å²) in [5, 5.41) is 6.67. The Hall–Kier alpha value is -0.280. The Bertz CT molecular complexity index is 290. The van der Waals surface area contributed by atoms with E-state index in [2.05, 4.69) is 24.5 Å². The minimum atomic E-state index is 0. The number of amides is 1. The van der Waals surface area contributed by atoms with Gasteiger partial charge in [-0.25, -0.2) is 0 Å². The molecule has 1 heterocycles. The van der Waals surface area contributed by atoms with E-state index in [1.54, 1.807) is 0 Å². The average Bonchev–Trinajstić information content (AvgIpc) is 2.84. The molecule has 3 unspecified atom stereocenters. The second kappa shape index (κ2) is 8.89. The largest absolute Gasteiger partial charge is 0.353 e. The van der Waals surface area contributed by atoms with Gasteiger partial charge in [-0.1, -0.05) is 26.7 Å². The summed E-state index contributed by atoms with van der Waals surface area (Å²) in [5.74, 6) is 2.01. The van der Waals surface area contributed by atoms with Gasteiger partial charge in [0, 0.05) is 12.6 Å². The molecule has 2 N–H and O–H groups in total. The van der Waals surface area contributed by atoms with E-state index in [-0.39, 0.29) is 18.3 Å². The summed E-state index contributed by atoms with van der Waals surface area (Å²) in [4.78, 5) is 12.3. The molecule has 1 saturated heterocycles. The van der Waals surface area contributed by atoms with Crippen molar-refractivity contribution in [1.82, 2.24) is 10.6 Å². The Morgan fingerprint density at radius 2 is 2.05 bits per heavy atom. The van der Waals surface area contributed by atoms with Gasteiger partial charge in [0.05, 0.1) is 5.92 Å². The van der Waals surface area contributed by atoms with Crippen molar-refractivity contribution >= 4 is 18.3 Å². The summed E-state index contributed by atoms with van der Waals surface area (Å²) in [6.07, 6.45) is 8.56. The number of carbonyl (C=O) groups excluding carboxylic acids is 1. The van der Waals surface area contributed by atoms with Gasteiger partial charge >= 0.3 is 0 Å². The van der Waals surface area contributed by atoms with Gasteiger partial charge in [0.1, 0.15) is 0 Å². The monoisotopic (exact) mass is 302 g/mol. The predicted octanol–water partition coefficient (Wildman–Crippen LogP) is 3.13. The fourth-order valence-electron chi connectivity index (χ4n) is 3.50. The highest BCUT2D eigenvalue weighted by atomic mass is 35.5. The molecule has 0 radical (unpaired) electrons. The van der Waals surface area contributed by atoms with Crippen LogP contribution in [0.1, 0.15) is 58.8 Å². The van der Waals surface area contributed by atoms with Crippen LogP contribution < -0.4 is 10.6 Å². The predicted molar refractivity (Wildman–Crippen MR) is 86.2 cm³/mol. The number of hydrogen-bond donors (Lipinski definition) is 2. The first-order valence-corrected chi connectivity index (χ1v) is 8.18. The van der Waals surface area contributed by atoms with Gasteiger partial charge in [-0.2, -0.15) is 0 Å². The molecule has 4 heteroatoms. The van der Waals surface area contributed by atoms with E-state index in [1.807, 2.05) is 0 Å². The maximum atomic E-state index is 12.3. The minimum Gasteiger partial charge on any atom is -0.353 e. The van der Waals surface area contributed by atoms with E-state index in [4.69, 9.17) is 0 Å². The molecule has 0 bridgehead atoms. The Labute approximate surface area is 130 Å². The second-order valence-electron chi connectivity index (χ2n) is 6.82. The number of piperidine rings is 1. The number of rotatable bonds is 5. The van der Waals surface area contributed by atoms with E-state index in [1.165, 1.54) is 32.1 Å². The zero-order chi connectivity index (χ0) is 13.7. The van der Waals surface area contributed by atoms with Gasteiger partial charge in [-0.3, -0.25) is 4.79 Å². The lowest BCUT2D eigenvalue weighted by Gasteiger charge is -2.27. The smallest absolute Gasteiger partial charge is 0.224 e. The van der Waals surface area contributed by atoms with Crippen LogP contribution in [0.5, 0.6) is 0 Å². The quantitative estimate of drug-likeness (QED) is 0.819. The second-order valence-corrected chi connectivity index (χ2v) is 6.82.